The molecule has 1 N–H and O–H groups in total. The van der Waals surface area contributed by atoms with Gasteiger partial charge in [-0.2, -0.15) is 0 Å². The highest BCUT2D eigenvalue weighted by molar-refractivity contribution is 7.89. The first-order valence-electron chi connectivity index (χ1n) is 7.28. The van der Waals surface area contributed by atoms with Gasteiger partial charge in [-0.25, -0.2) is 13.1 Å². The molecule has 0 amide bonds. The number of rotatable bonds is 4. The molecule has 1 aliphatic rings. The topological polar surface area (TPSA) is 46.2 Å². The van der Waals surface area contributed by atoms with Crippen molar-refractivity contribution >= 4 is 21.6 Å². The zero-order valence-corrected chi connectivity index (χ0v) is 13.9. The molecule has 3 nitrogen and oxygen atoms in total. The first kappa shape index (κ1) is 15.5. The zero-order chi connectivity index (χ0) is 15.8. The fraction of sp³-hybridized carbons (Fsp3) is 0.294. The van der Waals surface area contributed by atoms with Crippen LogP contribution in [0.4, 0.5) is 0 Å². The molecule has 5 heteroatoms. The maximum atomic E-state index is 12.7. The molecule has 0 spiro atoms. The van der Waals surface area contributed by atoms with E-state index in [1.165, 1.54) is 0 Å². The molecule has 1 fully saturated rings. The summed E-state index contributed by atoms with van der Waals surface area (Å²) in [5.74, 6) is 0. The molecule has 0 atom stereocenters. The van der Waals surface area contributed by atoms with Gasteiger partial charge < -0.3 is 0 Å². The van der Waals surface area contributed by atoms with Gasteiger partial charge in [0.15, 0.2) is 0 Å². The molecule has 2 aromatic rings. The fourth-order valence-electron chi connectivity index (χ4n) is 2.80. The Morgan fingerprint density at radius 3 is 2.32 bits per heavy atom. The monoisotopic (exact) mass is 335 g/mol. The van der Waals surface area contributed by atoms with Gasteiger partial charge in [0.2, 0.25) is 10.0 Å². The minimum atomic E-state index is -3.55. The Hall–Kier alpha value is -1.36. The van der Waals surface area contributed by atoms with E-state index in [1.807, 2.05) is 25.1 Å². The first-order chi connectivity index (χ1) is 10.4. The lowest BCUT2D eigenvalue weighted by molar-refractivity contribution is 0.224. The van der Waals surface area contributed by atoms with E-state index in [9.17, 15) is 8.42 Å². The number of aryl methyl sites for hydroxylation is 1. The van der Waals surface area contributed by atoms with Gasteiger partial charge in [0.1, 0.15) is 0 Å². The lowest BCUT2D eigenvalue weighted by atomic mass is 9.73. The third-order valence-corrected chi connectivity index (χ3v) is 6.03. The van der Waals surface area contributed by atoms with Crippen molar-refractivity contribution < 1.29 is 8.42 Å². The molecular weight excluding hydrogens is 318 g/mol. The summed E-state index contributed by atoms with van der Waals surface area (Å²) in [5.41, 5.74) is 1.43. The molecule has 0 aromatic heterocycles. The Morgan fingerprint density at radius 1 is 1.09 bits per heavy atom. The minimum Gasteiger partial charge on any atom is -0.207 e. The van der Waals surface area contributed by atoms with E-state index in [1.54, 1.807) is 30.3 Å². The molecule has 0 unspecified atom stereocenters. The number of benzene rings is 2. The highest BCUT2D eigenvalue weighted by atomic mass is 35.5. The predicted molar refractivity (Wildman–Crippen MR) is 88.5 cm³/mol. The largest absolute Gasteiger partial charge is 0.241 e. The van der Waals surface area contributed by atoms with Crippen LogP contribution < -0.4 is 4.72 Å². The molecule has 2 aromatic carbocycles. The maximum absolute atomic E-state index is 12.7. The lowest BCUT2D eigenvalue weighted by Crippen LogP contribution is -2.50. The van der Waals surface area contributed by atoms with Gasteiger partial charge in [0, 0.05) is 5.02 Å². The summed E-state index contributed by atoms with van der Waals surface area (Å²) >= 11 is 6.06. The van der Waals surface area contributed by atoms with E-state index in [-0.39, 0.29) is 0 Å². The van der Waals surface area contributed by atoms with Crippen molar-refractivity contribution in [3.8, 4) is 0 Å². The summed E-state index contributed by atoms with van der Waals surface area (Å²) in [6, 6.07) is 14.3. The van der Waals surface area contributed by atoms with Crippen LogP contribution in [0.2, 0.25) is 5.02 Å². The Kier molecular flexibility index (Phi) is 4.02. The first-order valence-corrected chi connectivity index (χ1v) is 9.14. The number of hydrogen-bond donors (Lipinski definition) is 1. The van der Waals surface area contributed by atoms with E-state index >= 15 is 0 Å². The average Bonchev–Trinajstić information content (AvgIpc) is 2.43. The van der Waals surface area contributed by atoms with Crippen LogP contribution in [0.3, 0.4) is 0 Å². The SMILES string of the molecule is Cc1ccc(S(=O)(=O)NC2(c3cccc(Cl)c3)CCC2)cc1. The van der Waals surface area contributed by atoms with Crippen LogP contribution in [0.25, 0.3) is 0 Å². The molecule has 0 bridgehead atoms. The van der Waals surface area contributed by atoms with Crippen LogP contribution >= 0.6 is 11.6 Å². The summed E-state index contributed by atoms with van der Waals surface area (Å²) < 4.78 is 28.2. The fourth-order valence-corrected chi connectivity index (χ4v) is 4.44. The van der Waals surface area contributed by atoms with E-state index in [4.69, 9.17) is 11.6 Å². The van der Waals surface area contributed by atoms with Gasteiger partial charge in [0.25, 0.3) is 0 Å². The van der Waals surface area contributed by atoms with Crippen LogP contribution in [0, 0.1) is 6.92 Å². The summed E-state index contributed by atoms with van der Waals surface area (Å²) in [6.45, 7) is 1.93. The van der Waals surface area contributed by atoms with Crippen LogP contribution in [0.1, 0.15) is 30.4 Å². The van der Waals surface area contributed by atoms with E-state index in [2.05, 4.69) is 4.72 Å². The summed E-state index contributed by atoms with van der Waals surface area (Å²) in [7, 11) is -3.55. The van der Waals surface area contributed by atoms with Crippen molar-refractivity contribution in [2.45, 2.75) is 36.6 Å². The normalized spacial score (nSPS) is 17.0. The summed E-state index contributed by atoms with van der Waals surface area (Å²) in [4.78, 5) is 0.298. The molecule has 22 heavy (non-hydrogen) atoms. The van der Waals surface area contributed by atoms with Crippen molar-refractivity contribution in [3.63, 3.8) is 0 Å². The molecular formula is C17H18ClNO2S. The summed E-state index contributed by atoms with van der Waals surface area (Å²) in [6.07, 6.45) is 2.58. The second-order valence-corrected chi connectivity index (χ2v) is 7.98. The zero-order valence-electron chi connectivity index (χ0n) is 12.3. The second kappa shape index (κ2) is 5.69. The second-order valence-electron chi connectivity index (χ2n) is 5.86. The minimum absolute atomic E-state index is 0.298. The molecule has 1 aliphatic carbocycles. The quantitative estimate of drug-likeness (QED) is 0.917. The van der Waals surface area contributed by atoms with Crippen LogP contribution in [-0.2, 0) is 15.6 Å². The van der Waals surface area contributed by atoms with E-state index in [0.29, 0.717) is 9.92 Å². The van der Waals surface area contributed by atoms with Crippen molar-refractivity contribution in [1.82, 2.24) is 4.72 Å². The Balaban J connectivity index is 1.94. The third-order valence-electron chi connectivity index (χ3n) is 4.25. The average molecular weight is 336 g/mol. The predicted octanol–water partition coefficient (Wildman–Crippen LogP) is 4.01. The molecule has 0 radical (unpaired) electrons. The summed E-state index contributed by atoms with van der Waals surface area (Å²) in [5, 5.41) is 0.623. The molecule has 0 heterocycles. The maximum Gasteiger partial charge on any atom is 0.241 e. The lowest BCUT2D eigenvalue weighted by Gasteiger charge is -2.42. The Labute approximate surface area is 136 Å². The Morgan fingerprint density at radius 2 is 1.77 bits per heavy atom. The smallest absolute Gasteiger partial charge is 0.207 e. The molecule has 0 saturated heterocycles. The highest BCUT2D eigenvalue weighted by Gasteiger charge is 2.42. The van der Waals surface area contributed by atoms with Gasteiger partial charge in [-0.3, -0.25) is 0 Å². The molecule has 116 valence electrons. The molecule has 0 aliphatic heterocycles. The van der Waals surface area contributed by atoms with Crippen molar-refractivity contribution in [1.29, 1.82) is 0 Å². The van der Waals surface area contributed by atoms with Crippen LogP contribution in [-0.4, -0.2) is 8.42 Å². The van der Waals surface area contributed by atoms with Crippen LogP contribution in [0.15, 0.2) is 53.4 Å². The van der Waals surface area contributed by atoms with Crippen LogP contribution in [0.5, 0.6) is 0 Å². The van der Waals surface area contributed by atoms with Gasteiger partial charge in [-0.15, -0.1) is 0 Å². The van der Waals surface area contributed by atoms with Crippen molar-refractivity contribution in [2.75, 3.05) is 0 Å². The number of halogens is 1. The number of nitrogens with one attached hydrogen (secondary N) is 1. The van der Waals surface area contributed by atoms with Gasteiger partial charge in [0.05, 0.1) is 10.4 Å². The van der Waals surface area contributed by atoms with Gasteiger partial charge in [-0.05, 0) is 56.0 Å². The number of sulfonamides is 1. The standard InChI is InChI=1S/C17H18ClNO2S/c1-13-6-8-16(9-7-13)22(20,21)19-17(10-3-11-17)14-4-2-5-15(18)12-14/h2,4-9,12,19H,3,10-11H2,1H3. The number of hydrogen-bond acceptors (Lipinski definition) is 2. The van der Waals surface area contributed by atoms with Gasteiger partial charge in [-0.1, -0.05) is 41.4 Å². The molecule has 3 rings (SSSR count). The van der Waals surface area contributed by atoms with Gasteiger partial charge >= 0.3 is 0 Å². The van der Waals surface area contributed by atoms with Crippen molar-refractivity contribution in [3.05, 3.63) is 64.7 Å². The van der Waals surface area contributed by atoms with Crippen molar-refractivity contribution in [2.24, 2.45) is 0 Å². The van der Waals surface area contributed by atoms with E-state index < -0.39 is 15.6 Å². The third kappa shape index (κ3) is 2.91. The highest BCUT2D eigenvalue weighted by Crippen LogP contribution is 2.43. The molecule has 1 saturated carbocycles. The van der Waals surface area contributed by atoms with E-state index in [0.717, 1.165) is 30.4 Å². The Bertz CT molecular complexity index is 781.